The summed E-state index contributed by atoms with van der Waals surface area (Å²) in [5.74, 6) is 0.721. The molecule has 1 fully saturated rings. The van der Waals surface area contributed by atoms with E-state index >= 15 is 0 Å². The maximum atomic E-state index is 6.17. The molecule has 142 valence electrons. The number of benzene rings is 1. The van der Waals surface area contributed by atoms with E-state index in [-0.39, 0.29) is 24.0 Å². The lowest BCUT2D eigenvalue weighted by Crippen LogP contribution is -2.38. The van der Waals surface area contributed by atoms with Gasteiger partial charge in [0.25, 0.3) is 0 Å². The number of para-hydroxylation sites is 1. The van der Waals surface area contributed by atoms with Gasteiger partial charge in [0.15, 0.2) is 5.96 Å². The largest absolute Gasteiger partial charge is 0.370 e. The Kier molecular flexibility index (Phi) is 8.41. The van der Waals surface area contributed by atoms with Gasteiger partial charge in [0.1, 0.15) is 0 Å². The Bertz CT molecular complexity index is 687. The molecule has 1 saturated heterocycles. The van der Waals surface area contributed by atoms with Gasteiger partial charge in [-0.1, -0.05) is 31.0 Å². The van der Waals surface area contributed by atoms with Crippen LogP contribution in [0.15, 0.2) is 41.5 Å². The minimum Gasteiger partial charge on any atom is -0.370 e. The summed E-state index contributed by atoms with van der Waals surface area (Å²) in [6, 6.07) is 10.2. The molecule has 2 heterocycles. The standard InChI is InChI=1S/C20H29N5.HI/c1-17-18(16-25(23-17)19-11-5-4-6-12-19)10-9-13-22-20(21)24-14-7-2-3-8-15-24;/h4-6,11-12,16H,2-3,7-10,13-15H2,1H3,(H2,21,22);1H. The van der Waals surface area contributed by atoms with Crippen molar-refractivity contribution in [3.8, 4) is 5.69 Å². The fraction of sp³-hybridized carbons (Fsp3) is 0.500. The monoisotopic (exact) mass is 467 g/mol. The van der Waals surface area contributed by atoms with Crippen molar-refractivity contribution >= 4 is 29.9 Å². The number of aromatic nitrogens is 2. The van der Waals surface area contributed by atoms with E-state index in [1.807, 2.05) is 22.9 Å². The molecule has 1 aromatic heterocycles. The Hall–Kier alpha value is -1.57. The lowest BCUT2D eigenvalue weighted by atomic mass is 10.1. The van der Waals surface area contributed by atoms with E-state index in [1.54, 1.807) is 0 Å². The minimum absolute atomic E-state index is 0. The number of nitrogens with zero attached hydrogens (tertiary/aromatic N) is 4. The van der Waals surface area contributed by atoms with E-state index < -0.39 is 0 Å². The minimum atomic E-state index is 0. The van der Waals surface area contributed by atoms with Crippen LogP contribution in [0.5, 0.6) is 0 Å². The van der Waals surface area contributed by atoms with E-state index in [9.17, 15) is 0 Å². The van der Waals surface area contributed by atoms with Crippen LogP contribution in [0.25, 0.3) is 5.69 Å². The molecule has 1 aliphatic heterocycles. The second-order valence-corrected chi connectivity index (χ2v) is 6.76. The summed E-state index contributed by atoms with van der Waals surface area (Å²) in [5.41, 5.74) is 9.64. The van der Waals surface area contributed by atoms with Crippen LogP contribution in [-0.2, 0) is 6.42 Å². The summed E-state index contributed by atoms with van der Waals surface area (Å²) in [6.45, 7) is 4.96. The lowest BCUT2D eigenvalue weighted by Gasteiger charge is -2.21. The fourth-order valence-electron chi connectivity index (χ4n) is 3.32. The van der Waals surface area contributed by atoms with Crippen molar-refractivity contribution < 1.29 is 0 Å². The molecule has 0 radical (unpaired) electrons. The first-order valence-corrected chi connectivity index (χ1v) is 9.39. The molecule has 0 amide bonds. The van der Waals surface area contributed by atoms with Gasteiger partial charge >= 0.3 is 0 Å². The zero-order valence-electron chi connectivity index (χ0n) is 15.6. The normalized spacial score (nSPS) is 15.4. The van der Waals surface area contributed by atoms with Gasteiger partial charge in [-0.05, 0) is 50.3 Å². The zero-order valence-corrected chi connectivity index (χ0v) is 17.9. The van der Waals surface area contributed by atoms with Crippen LogP contribution >= 0.6 is 24.0 Å². The molecule has 6 heteroatoms. The van der Waals surface area contributed by atoms with Crippen LogP contribution in [0.3, 0.4) is 0 Å². The predicted molar refractivity (Wildman–Crippen MR) is 119 cm³/mol. The highest BCUT2D eigenvalue weighted by molar-refractivity contribution is 14.0. The third-order valence-corrected chi connectivity index (χ3v) is 4.83. The second kappa shape index (κ2) is 10.5. The summed E-state index contributed by atoms with van der Waals surface area (Å²) in [6.07, 6.45) is 9.20. The Labute approximate surface area is 173 Å². The van der Waals surface area contributed by atoms with Gasteiger partial charge in [0.05, 0.1) is 11.4 Å². The lowest BCUT2D eigenvalue weighted by molar-refractivity contribution is 0.428. The molecule has 1 aromatic carbocycles. The molecule has 0 spiro atoms. The molecule has 0 aliphatic carbocycles. The van der Waals surface area contributed by atoms with Crippen LogP contribution in [0.1, 0.15) is 43.4 Å². The molecule has 2 aromatic rings. The molecule has 5 nitrogen and oxygen atoms in total. The number of hydrogen-bond donors (Lipinski definition) is 1. The van der Waals surface area contributed by atoms with Gasteiger partial charge in [0, 0.05) is 25.8 Å². The van der Waals surface area contributed by atoms with Crippen LogP contribution in [0, 0.1) is 6.92 Å². The van der Waals surface area contributed by atoms with E-state index in [2.05, 4.69) is 40.2 Å². The highest BCUT2D eigenvalue weighted by Gasteiger charge is 2.11. The maximum absolute atomic E-state index is 6.17. The third-order valence-electron chi connectivity index (χ3n) is 4.83. The van der Waals surface area contributed by atoms with Crippen molar-refractivity contribution in [1.29, 1.82) is 0 Å². The summed E-state index contributed by atoms with van der Waals surface area (Å²) >= 11 is 0. The Morgan fingerprint density at radius 1 is 1.12 bits per heavy atom. The first-order valence-electron chi connectivity index (χ1n) is 9.39. The molecular formula is C20H30IN5. The number of nitrogens with two attached hydrogens (primary N) is 1. The maximum Gasteiger partial charge on any atom is 0.191 e. The highest BCUT2D eigenvalue weighted by Crippen LogP contribution is 2.14. The van der Waals surface area contributed by atoms with Crippen LogP contribution in [-0.4, -0.2) is 40.3 Å². The first-order chi connectivity index (χ1) is 12.2. The number of guanidine groups is 1. The van der Waals surface area contributed by atoms with Crippen molar-refractivity contribution in [3.05, 3.63) is 47.8 Å². The fourth-order valence-corrected chi connectivity index (χ4v) is 3.32. The molecule has 0 bridgehead atoms. The number of rotatable bonds is 5. The summed E-state index contributed by atoms with van der Waals surface area (Å²) in [5, 5.41) is 4.63. The number of aryl methyl sites for hydroxylation is 2. The van der Waals surface area contributed by atoms with E-state index in [4.69, 9.17) is 5.73 Å². The number of likely N-dealkylation sites (tertiary alicyclic amines) is 1. The van der Waals surface area contributed by atoms with E-state index in [0.29, 0.717) is 0 Å². The summed E-state index contributed by atoms with van der Waals surface area (Å²) in [4.78, 5) is 6.83. The van der Waals surface area contributed by atoms with Gasteiger partial charge in [-0.3, -0.25) is 4.99 Å². The van der Waals surface area contributed by atoms with Crippen molar-refractivity contribution in [2.24, 2.45) is 10.7 Å². The Morgan fingerprint density at radius 3 is 2.50 bits per heavy atom. The van der Waals surface area contributed by atoms with Gasteiger partial charge < -0.3 is 10.6 Å². The summed E-state index contributed by atoms with van der Waals surface area (Å²) < 4.78 is 1.96. The average Bonchev–Trinajstić information content (AvgIpc) is 2.84. The smallest absolute Gasteiger partial charge is 0.191 e. The SMILES string of the molecule is Cc1nn(-c2ccccc2)cc1CCCN=C(N)N1CCCCCC1.I. The second-order valence-electron chi connectivity index (χ2n) is 6.76. The molecule has 0 unspecified atom stereocenters. The highest BCUT2D eigenvalue weighted by atomic mass is 127. The average molecular weight is 467 g/mol. The number of halogens is 1. The van der Waals surface area contributed by atoms with Crippen LogP contribution in [0.4, 0.5) is 0 Å². The van der Waals surface area contributed by atoms with Crippen LogP contribution < -0.4 is 5.73 Å². The van der Waals surface area contributed by atoms with Crippen molar-refractivity contribution in [3.63, 3.8) is 0 Å². The van der Waals surface area contributed by atoms with Crippen LogP contribution in [0.2, 0.25) is 0 Å². The molecular weight excluding hydrogens is 437 g/mol. The van der Waals surface area contributed by atoms with Gasteiger partial charge in [-0.25, -0.2) is 4.68 Å². The molecule has 26 heavy (non-hydrogen) atoms. The van der Waals surface area contributed by atoms with E-state index in [1.165, 1.54) is 31.2 Å². The summed E-state index contributed by atoms with van der Waals surface area (Å²) in [7, 11) is 0. The molecule has 1 aliphatic rings. The topological polar surface area (TPSA) is 59.4 Å². The molecule has 0 saturated carbocycles. The van der Waals surface area contributed by atoms with Crippen molar-refractivity contribution in [1.82, 2.24) is 14.7 Å². The number of aliphatic imine (C=N–C) groups is 1. The van der Waals surface area contributed by atoms with E-state index in [0.717, 1.165) is 49.8 Å². The predicted octanol–water partition coefficient (Wildman–Crippen LogP) is 3.92. The van der Waals surface area contributed by atoms with Crippen molar-refractivity contribution in [2.75, 3.05) is 19.6 Å². The Morgan fingerprint density at radius 2 is 1.81 bits per heavy atom. The zero-order chi connectivity index (χ0) is 17.5. The molecule has 0 atom stereocenters. The first kappa shape index (κ1) is 20.7. The molecule has 2 N–H and O–H groups in total. The Balaban J connectivity index is 0.00000243. The third kappa shape index (κ3) is 5.72. The van der Waals surface area contributed by atoms with Gasteiger partial charge in [-0.2, -0.15) is 5.10 Å². The quantitative estimate of drug-likeness (QED) is 0.314. The van der Waals surface area contributed by atoms with Crippen molar-refractivity contribution in [2.45, 2.75) is 45.4 Å². The van der Waals surface area contributed by atoms with Gasteiger partial charge in [-0.15, -0.1) is 24.0 Å². The van der Waals surface area contributed by atoms with Gasteiger partial charge in [0.2, 0.25) is 0 Å². The number of hydrogen-bond acceptors (Lipinski definition) is 2. The molecule has 3 rings (SSSR count).